The van der Waals surface area contributed by atoms with E-state index in [1.54, 1.807) is 4.68 Å². The van der Waals surface area contributed by atoms with Gasteiger partial charge in [-0.05, 0) is 42.9 Å². The molecule has 1 fully saturated rings. The Hall–Kier alpha value is -2.05. The Balaban J connectivity index is 1.28. The van der Waals surface area contributed by atoms with Crippen LogP contribution in [0.2, 0.25) is 0 Å². The van der Waals surface area contributed by atoms with Crippen molar-refractivity contribution < 1.29 is 0 Å². The third-order valence-corrected chi connectivity index (χ3v) is 5.50. The van der Waals surface area contributed by atoms with Gasteiger partial charge in [0, 0.05) is 57.7 Å². The van der Waals surface area contributed by atoms with Gasteiger partial charge >= 0.3 is 0 Å². The number of rotatable bonds is 5. The average Bonchev–Trinajstić information content (AvgIpc) is 2.68. The summed E-state index contributed by atoms with van der Waals surface area (Å²) >= 11 is 0. The van der Waals surface area contributed by atoms with E-state index in [2.05, 4.69) is 25.9 Å². The third-order valence-electron chi connectivity index (χ3n) is 5.50. The van der Waals surface area contributed by atoms with Crippen molar-refractivity contribution in [1.29, 1.82) is 0 Å². The first-order valence-electron chi connectivity index (χ1n) is 9.71. The largest absolute Gasteiger partial charge is 0.299 e. The minimum absolute atomic E-state index is 0.0564. The van der Waals surface area contributed by atoms with E-state index in [0.29, 0.717) is 6.54 Å². The summed E-state index contributed by atoms with van der Waals surface area (Å²) in [5, 5.41) is 4.63. The van der Waals surface area contributed by atoms with Crippen LogP contribution in [0.15, 0.2) is 35.4 Å². The zero-order chi connectivity index (χ0) is 17.8. The van der Waals surface area contributed by atoms with Crippen molar-refractivity contribution in [2.24, 2.45) is 0 Å². The van der Waals surface area contributed by atoms with Crippen LogP contribution in [-0.2, 0) is 25.9 Å². The Morgan fingerprint density at radius 2 is 1.81 bits per heavy atom. The van der Waals surface area contributed by atoms with E-state index in [0.717, 1.165) is 57.8 Å². The number of aryl methyl sites for hydroxylation is 2. The second-order valence-corrected chi connectivity index (χ2v) is 7.36. The van der Waals surface area contributed by atoms with Crippen molar-refractivity contribution in [2.45, 2.75) is 38.8 Å². The molecule has 0 atom stereocenters. The monoisotopic (exact) mass is 353 g/mol. The summed E-state index contributed by atoms with van der Waals surface area (Å²) in [6.07, 6.45) is 8.16. The Morgan fingerprint density at radius 3 is 2.62 bits per heavy atom. The van der Waals surface area contributed by atoms with Crippen molar-refractivity contribution in [3.63, 3.8) is 0 Å². The lowest BCUT2D eigenvalue weighted by Gasteiger charge is -2.34. The molecule has 2 aliphatic rings. The van der Waals surface area contributed by atoms with Crippen LogP contribution in [0.1, 0.15) is 29.7 Å². The molecule has 0 N–H and O–H groups in total. The lowest BCUT2D eigenvalue weighted by atomic mass is 9.97. The third kappa shape index (κ3) is 4.19. The van der Waals surface area contributed by atoms with Crippen LogP contribution in [0, 0.1) is 0 Å². The quantitative estimate of drug-likeness (QED) is 0.812. The molecule has 1 aliphatic heterocycles. The van der Waals surface area contributed by atoms with Gasteiger partial charge in [0.25, 0.3) is 5.56 Å². The second kappa shape index (κ2) is 8.10. The normalized spacial score (nSPS) is 18.6. The van der Waals surface area contributed by atoms with Crippen molar-refractivity contribution in [1.82, 2.24) is 24.6 Å². The topological polar surface area (TPSA) is 54.3 Å². The van der Waals surface area contributed by atoms with Gasteiger partial charge in [-0.1, -0.05) is 6.07 Å². The number of hydrogen-bond acceptors (Lipinski definition) is 5. The zero-order valence-electron chi connectivity index (χ0n) is 15.3. The molecule has 0 bridgehead atoms. The number of hydrogen-bond donors (Lipinski definition) is 0. The van der Waals surface area contributed by atoms with E-state index in [-0.39, 0.29) is 5.56 Å². The van der Waals surface area contributed by atoms with E-state index in [1.165, 1.54) is 24.0 Å². The van der Waals surface area contributed by atoms with Gasteiger partial charge < -0.3 is 0 Å². The van der Waals surface area contributed by atoms with E-state index in [9.17, 15) is 4.79 Å². The summed E-state index contributed by atoms with van der Waals surface area (Å²) in [4.78, 5) is 21.4. The molecular weight excluding hydrogens is 326 g/mol. The highest BCUT2D eigenvalue weighted by Gasteiger charge is 2.18. The van der Waals surface area contributed by atoms with Gasteiger partial charge in [-0.2, -0.15) is 5.10 Å². The molecule has 0 unspecified atom stereocenters. The van der Waals surface area contributed by atoms with Crippen molar-refractivity contribution in [3.8, 4) is 0 Å². The molecule has 1 saturated heterocycles. The van der Waals surface area contributed by atoms with Crippen LogP contribution in [0.25, 0.3) is 0 Å². The Morgan fingerprint density at radius 1 is 1.00 bits per heavy atom. The molecule has 3 heterocycles. The predicted octanol–water partition coefficient (Wildman–Crippen LogP) is 1.33. The molecule has 6 heteroatoms. The highest BCUT2D eigenvalue weighted by Crippen LogP contribution is 2.16. The van der Waals surface area contributed by atoms with E-state index >= 15 is 0 Å². The summed E-state index contributed by atoms with van der Waals surface area (Å²) in [5.41, 5.74) is 3.63. The van der Waals surface area contributed by atoms with Crippen LogP contribution < -0.4 is 5.56 Å². The molecule has 1 aliphatic carbocycles. The van der Waals surface area contributed by atoms with E-state index in [4.69, 9.17) is 0 Å². The summed E-state index contributed by atoms with van der Waals surface area (Å²) in [6.45, 7) is 6.75. The lowest BCUT2D eigenvalue weighted by molar-refractivity contribution is 0.122. The summed E-state index contributed by atoms with van der Waals surface area (Å²) < 4.78 is 1.67. The first-order valence-corrected chi connectivity index (χ1v) is 9.71. The SMILES string of the molecule is O=c1cc2c(nn1CCN1CCN(Cc3cccnc3)CC1)CCCC2. The number of pyridine rings is 1. The van der Waals surface area contributed by atoms with Crippen LogP contribution in [0.3, 0.4) is 0 Å². The van der Waals surface area contributed by atoms with Gasteiger partial charge in [0.05, 0.1) is 12.2 Å². The van der Waals surface area contributed by atoms with Crippen molar-refractivity contribution in [3.05, 3.63) is 57.8 Å². The van der Waals surface area contributed by atoms with Crippen LogP contribution >= 0.6 is 0 Å². The number of aromatic nitrogens is 3. The smallest absolute Gasteiger partial charge is 0.267 e. The molecule has 4 rings (SSSR count). The Bertz CT molecular complexity index is 781. The fourth-order valence-electron chi connectivity index (χ4n) is 3.92. The fraction of sp³-hybridized carbons (Fsp3) is 0.550. The maximum atomic E-state index is 12.3. The number of fused-ring (bicyclic) bond motifs is 1. The van der Waals surface area contributed by atoms with Gasteiger partial charge in [0.15, 0.2) is 0 Å². The van der Waals surface area contributed by atoms with Gasteiger partial charge in [-0.25, -0.2) is 4.68 Å². The van der Waals surface area contributed by atoms with Crippen LogP contribution in [-0.4, -0.2) is 57.3 Å². The van der Waals surface area contributed by atoms with Crippen LogP contribution in [0.4, 0.5) is 0 Å². The molecule has 26 heavy (non-hydrogen) atoms. The average molecular weight is 353 g/mol. The molecular formula is C20H27N5O. The Labute approximate surface area is 154 Å². The molecule has 6 nitrogen and oxygen atoms in total. The fourth-order valence-corrected chi connectivity index (χ4v) is 3.92. The van der Waals surface area contributed by atoms with Gasteiger partial charge in [-0.15, -0.1) is 0 Å². The standard InChI is InChI=1S/C20H27N5O/c26-20-14-18-5-1-2-6-19(18)22-25(20)13-12-23-8-10-24(11-9-23)16-17-4-3-7-21-15-17/h3-4,7,14-15H,1-2,5-6,8-13,16H2. The summed E-state index contributed by atoms with van der Waals surface area (Å²) in [7, 11) is 0. The van der Waals surface area contributed by atoms with Gasteiger partial charge in [-0.3, -0.25) is 19.6 Å². The summed E-state index contributed by atoms with van der Waals surface area (Å²) in [6, 6.07) is 5.94. The zero-order valence-corrected chi connectivity index (χ0v) is 15.3. The molecule has 0 amide bonds. The molecule has 0 saturated carbocycles. The van der Waals surface area contributed by atoms with Crippen LogP contribution in [0.5, 0.6) is 0 Å². The number of piperazine rings is 1. The molecule has 0 spiro atoms. The first kappa shape index (κ1) is 17.4. The highest BCUT2D eigenvalue weighted by molar-refractivity contribution is 5.20. The maximum absolute atomic E-state index is 12.3. The lowest BCUT2D eigenvalue weighted by Crippen LogP contribution is -2.47. The molecule has 0 aromatic carbocycles. The first-order chi connectivity index (χ1) is 12.8. The molecule has 138 valence electrons. The molecule has 2 aromatic heterocycles. The Kier molecular flexibility index (Phi) is 5.41. The minimum atomic E-state index is 0.0564. The maximum Gasteiger partial charge on any atom is 0.267 e. The minimum Gasteiger partial charge on any atom is -0.299 e. The van der Waals surface area contributed by atoms with E-state index < -0.39 is 0 Å². The second-order valence-electron chi connectivity index (χ2n) is 7.36. The number of nitrogens with zero attached hydrogens (tertiary/aromatic N) is 5. The van der Waals surface area contributed by atoms with Crippen molar-refractivity contribution in [2.75, 3.05) is 32.7 Å². The predicted molar refractivity (Wildman–Crippen MR) is 101 cm³/mol. The van der Waals surface area contributed by atoms with Crippen molar-refractivity contribution >= 4 is 0 Å². The molecule has 0 radical (unpaired) electrons. The van der Waals surface area contributed by atoms with Gasteiger partial charge in [0.2, 0.25) is 0 Å². The van der Waals surface area contributed by atoms with E-state index in [1.807, 2.05) is 24.5 Å². The highest BCUT2D eigenvalue weighted by atomic mass is 16.1. The van der Waals surface area contributed by atoms with Gasteiger partial charge in [0.1, 0.15) is 0 Å². The summed E-state index contributed by atoms with van der Waals surface area (Å²) in [5.74, 6) is 0. The molecule has 2 aromatic rings.